The molecule has 208 valence electrons. The first-order valence-corrected chi connectivity index (χ1v) is 14.3. The molecule has 0 spiro atoms. The Bertz CT molecular complexity index is 505. The van der Waals surface area contributed by atoms with Gasteiger partial charge < -0.3 is 4.90 Å². The molecule has 34 heavy (non-hydrogen) atoms. The average Bonchev–Trinajstić information content (AvgIpc) is 2.75. The molecule has 0 atom stereocenters. The van der Waals surface area contributed by atoms with Gasteiger partial charge in [-0.1, -0.05) is 76.2 Å². The molecule has 0 bridgehead atoms. The van der Waals surface area contributed by atoms with E-state index in [4.69, 9.17) is 0 Å². The molecule has 0 aliphatic carbocycles. The lowest BCUT2D eigenvalue weighted by atomic mass is 9.67. The fourth-order valence-corrected chi connectivity index (χ4v) is 5.89. The quantitative estimate of drug-likeness (QED) is 0.359. The summed E-state index contributed by atoms with van der Waals surface area (Å²) in [5, 5.41) is 0. The molecule has 0 unspecified atom stereocenters. The molecule has 0 aromatic rings. The van der Waals surface area contributed by atoms with Gasteiger partial charge in [-0.25, -0.2) is 0 Å². The van der Waals surface area contributed by atoms with Crippen LogP contribution in [-0.2, 0) is 0 Å². The zero-order valence-corrected chi connectivity index (χ0v) is 25.7. The minimum absolute atomic E-state index is 0. The maximum Gasteiger partial charge on any atom is 0.0205 e. The fourth-order valence-electron chi connectivity index (χ4n) is 5.89. The van der Waals surface area contributed by atoms with Crippen molar-refractivity contribution in [3.05, 3.63) is 0 Å². The predicted octanol–water partition coefficient (Wildman–Crippen LogP) is 8.43. The van der Waals surface area contributed by atoms with Crippen molar-refractivity contribution in [1.82, 2.24) is 14.7 Å². The minimum atomic E-state index is 0. The Hall–Kier alpha value is -0.120. The van der Waals surface area contributed by atoms with E-state index in [2.05, 4.69) is 97.9 Å². The Labute approximate surface area is 218 Å². The highest BCUT2D eigenvalue weighted by atomic mass is 15.3. The zero-order valence-electron chi connectivity index (χ0n) is 25.7. The van der Waals surface area contributed by atoms with Gasteiger partial charge in [-0.3, -0.25) is 9.80 Å². The van der Waals surface area contributed by atoms with Crippen LogP contribution in [0.5, 0.6) is 0 Å². The molecule has 0 aromatic heterocycles. The van der Waals surface area contributed by atoms with Crippen LogP contribution in [0.2, 0.25) is 0 Å². The standard InChI is InChI=1S/C25H51N3.C3H8.C2H6.CH4/c1-11-23(4,5)25(8,9)28-18-16-27(17-19-28)24(6,7)20-22(2,3)21-12-14-26(10)15-13-21;1-3-2;1-2;/h21H,11-20H2,1-10H3;3H2,1-2H3;1-2H3;1H4. The minimum Gasteiger partial charge on any atom is -0.306 e. The second kappa shape index (κ2) is 15.2. The number of hydrogen-bond acceptors (Lipinski definition) is 3. The van der Waals surface area contributed by atoms with Crippen LogP contribution in [0.1, 0.15) is 130 Å². The van der Waals surface area contributed by atoms with Crippen LogP contribution in [0.3, 0.4) is 0 Å². The number of piperidine rings is 1. The molecule has 2 aliphatic rings. The summed E-state index contributed by atoms with van der Waals surface area (Å²) in [6, 6.07) is 0. The molecule has 3 nitrogen and oxygen atoms in total. The van der Waals surface area contributed by atoms with Crippen molar-refractivity contribution in [3.63, 3.8) is 0 Å². The van der Waals surface area contributed by atoms with E-state index in [1.807, 2.05) is 13.8 Å². The van der Waals surface area contributed by atoms with Crippen molar-refractivity contribution >= 4 is 0 Å². The summed E-state index contributed by atoms with van der Waals surface area (Å²) in [5.74, 6) is 0.869. The molecular weight excluding hydrogens is 414 g/mol. The third-order valence-corrected chi connectivity index (χ3v) is 9.18. The Morgan fingerprint density at radius 1 is 0.676 bits per heavy atom. The molecule has 2 rings (SSSR count). The normalized spacial score (nSPS) is 19.9. The Morgan fingerprint density at radius 3 is 1.44 bits per heavy atom. The number of hydrogen-bond donors (Lipinski definition) is 0. The maximum atomic E-state index is 2.79. The summed E-state index contributed by atoms with van der Waals surface area (Å²) in [7, 11) is 2.27. The number of piperazine rings is 1. The van der Waals surface area contributed by atoms with E-state index in [9.17, 15) is 0 Å². The van der Waals surface area contributed by atoms with Crippen molar-refractivity contribution in [3.8, 4) is 0 Å². The van der Waals surface area contributed by atoms with Crippen molar-refractivity contribution in [2.45, 2.75) is 141 Å². The third kappa shape index (κ3) is 9.74. The van der Waals surface area contributed by atoms with E-state index in [1.165, 1.54) is 71.4 Å². The van der Waals surface area contributed by atoms with Gasteiger partial charge in [-0.15, -0.1) is 0 Å². The van der Waals surface area contributed by atoms with E-state index in [1.54, 1.807) is 0 Å². The van der Waals surface area contributed by atoms with Crippen LogP contribution in [0.4, 0.5) is 0 Å². The molecule has 2 aliphatic heterocycles. The maximum absolute atomic E-state index is 2.79. The Balaban J connectivity index is 0. The fraction of sp³-hybridized carbons (Fsp3) is 1.00. The third-order valence-electron chi connectivity index (χ3n) is 9.18. The lowest BCUT2D eigenvalue weighted by molar-refractivity contribution is -0.0532. The van der Waals surface area contributed by atoms with Gasteiger partial charge in [0, 0.05) is 37.3 Å². The summed E-state index contributed by atoms with van der Waals surface area (Å²) in [4.78, 5) is 8.04. The van der Waals surface area contributed by atoms with E-state index >= 15 is 0 Å². The van der Waals surface area contributed by atoms with Gasteiger partial charge in [0.15, 0.2) is 0 Å². The van der Waals surface area contributed by atoms with Gasteiger partial charge in [0.1, 0.15) is 0 Å². The lowest BCUT2D eigenvalue weighted by Gasteiger charge is -2.55. The van der Waals surface area contributed by atoms with Crippen LogP contribution in [-0.4, -0.2) is 72.1 Å². The van der Waals surface area contributed by atoms with Crippen molar-refractivity contribution in [2.75, 3.05) is 46.3 Å². The summed E-state index contributed by atoms with van der Waals surface area (Å²) in [6.45, 7) is 37.8. The van der Waals surface area contributed by atoms with E-state index < -0.39 is 0 Å². The number of nitrogens with zero attached hydrogens (tertiary/aromatic N) is 3. The van der Waals surface area contributed by atoms with Gasteiger partial charge in [0.2, 0.25) is 0 Å². The van der Waals surface area contributed by atoms with Crippen LogP contribution in [0.25, 0.3) is 0 Å². The van der Waals surface area contributed by atoms with E-state index in [-0.39, 0.29) is 18.5 Å². The lowest BCUT2D eigenvalue weighted by Crippen LogP contribution is -2.63. The van der Waals surface area contributed by atoms with Gasteiger partial charge in [0.05, 0.1) is 0 Å². The van der Waals surface area contributed by atoms with Crippen LogP contribution >= 0.6 is 0 Å². The van der Waals surface area contributed by atoms with Gasteiger partial charge in [-0.05, 0) is 90.3 Å². The molecule has 2 saturated heterocycles. The molecule has 0 saturated carbocycles. The number of likely N-dealkylation sites (tertiary alicyclic amines) is 1. The monoisotopic (exact) mass is 484 g/mol. The molecule has 0 N–H and O–H groups in total. The summed E-state index contributed by atoms with van der Waals surface area (Å²) >= 11 is 0. The molecule has 2 fully saturated rings. The SMILES string of the molecule is C.CC.CCC.CCC(C)(C)C(C)(C)N1CCN(C(C)(C)CC(C)(C)C2CCN(C)CC2)CC1. The van der Waals surface area contributed by atoms with Gasteiger partial charge in [0.25, 0.3) is 0 Å². The smallest absolute Gasteiger partial charge is 0.0205 e. The Morgan fingerprint density at radius 2 is 1.06 bits per heavy atom. The highest BCUT2D eigenvalue weighted by molar-refractivity contribution is 4.99. The van der Waals surface area contributed by atoms with Crippen molar-refractivity contribution in [1.29, 1.82) is 0 Å². The summed E-state index contributed by atoms with van der Waals surface area (Å²) < 4.78 is 0. The summed E-state index contributed by atoms with van der Waals surface area (Å²) in [5.41, 5.74) is 1.31. The first kappa shape index (κ1) is 36.0. The van der Waals surface area contributed by atoms with Crippen molar-refractivity contribution in [2.24, 2.45) is 16.7 Å². The highest BCUT2D eigenvalue weighted by Gasteiger charge is 2.44. The van der Waals surface area contributed by atoms with E-state index in [0.29, 0.717) is 10.8 Å². The van der Waals surface area contributed by atoms with E-state index in [0.717, 1.165) is 5.92 Å². The Kier molecular flexibility index (Phi) is 16.1. The van der Waals surface area contributed by atoms with Crippen molar-refractivity contribution < 1.29 is 0 Å². The topological polar surface area (TPSA) is 9.72 Å². The number of rotatable bonds is 7. The molecule has 2 heterocycles. The first-order chi connectivity index (χ1) is 15.1. The molecule has 0 amide bonds. The largest absolute Gasteiger partial charge is 0.306 e. The second-order valence-electron chi connectivity index (χ2n) is 13.0. The predicted molar refractivity (Wildman–Crippen MR) is 158 cm³/mol. The molecule has 3 heteroatoms. The zero-order chi connectivity index (χ0) is 26.1. The van der Waals surface area contributed by atoms with Crippen LogP contribution < -0.4 is 0 Å². The summed E-state index contributed by atoms with van der Waals surface area (Å²) in [6.07, 6.45) is 6.52. The van der Waals surface area contributed by atoms with Crippen LogP contribution in [0.15, 0.2) is 0 Å². The molecule has 0 aromatic carbocycles. The first-order valence-electron chi connectivity index (χ1n) is 14.3. The van der Waals surface area contributed by atoms with Gasteiger partial charge >= 0.3 is 0 Å². The highest BCUT2D eigenvalue weighted by Crippen LogP contribution is 2.43. The van der Waals surface area contributed by atoms with Crippen LogP contribution in [0, 0.1) is 16.7 Å². The second-order valence-corrected chi connectivity index (χ2v) is 13.0. The molecule has 0 radical (unpaired) electrons. The van der Waals surface area contributed by atoms with Gasteiger partial charge in [-0.2, -0.15) is 0 Å². The molecular formula is C31H69N3. The average molecular weight is 484 g/mol.